The van der Waals surface area contributed by atoms with Crippen molar-refractivity contribution in [1.29, 1.82) is 0 Å². The van der Waals surface area contributed by atoms with Gasteiger partial charge in [0, 0.05) is 29.6 Å². The summed E-state index contributed by atoms with van der Waals surface area (Å²) in [6.07, 6.45) is 0. The molecule has 2 N–H and O–H groups in total. The predicted molar refractivity (Wildman–Crippen MR) is 80.2 cm³/mol. The van der Waals surface area contributed by atoms with Crippen LogP contribution in [-0.2, 0) is 11.3 Å². The zero-order chi connectivity index (χ0) is 13.5. The predicted octanol–water partition coefficient (Wildman–Crippen LogP) is 2.24. The summed E-state index contributed by atoms with van der Waals surface area (Å²) in [5.41, 5.74) is 0.870. The molecule has 19 heavy (non-hydrogen) atoms. The first-order valence-corrected chi connectivity index (χ1v) is 6.21. The van der Waals surface area contributed by atoms with E-state index in [1.165, 1.54) is 0 Å². The Kier molecular flexibility index (Phi) is 8.56. The minimum Gasteiger partial charge on any atom is -0.496 e. The van der Waals surface area contributed by atoms with Gasteiger partial charge < -0.3 is 15.4 Å². The van der Waals surface area contributed by atoms with E-state index in [-0.39, 0.29) is 24.2 Å². The Labute approximate surface area is 125 Å². The fraction of sp³-hybridized carbons (Fsp3) is 0.462. The van der Waals surface area contributed by atoms with Crippen LogP contribution >= 0.6 is 24.0 Å². The molecule has 1 rings (SSSR count). The van der Waals surface area contributed by atoms with Crippen LogP contribution in [0.25, 0.3) is 0 Å². The lowest BCUT2D eigenvalue weighted by Crippen LogP contribution is -2.33. The van der Waals surface area contributed by atoms with Gasteiger partial charge in [0.05, 0.1) is 7.11 Å². The van der Waals surface area contributed by atoms with Crippen LogP contribution in [0.4, 0.5) is 0 Å². The number of rotatable bonds is 6. The molecule has 0 aliphatic heterocycles. The van der Waals surface area contributed by atoms with Gasteiger partial charge in [-0.25, -0.2) is 0 Å². The third-order valence-corrected chi connectivity index (χ3v) is 2.89. The normalized spacial score (nSPS) is 11.4. The summed E-state index contributed by atoms with van der Waals surface area (Å²) in [5, 5.41) is 6.47. The van der Waals surface area contributed by atoms with Crippen LogP contribution in [0.5, 0.6) is 5.75 Å². The maximum Gasteiger partial charge on any atom is 0.224 e. The minimum absolute atomic E-state index is 0. The highest BCUT2D eigenvalue weighted by Crippen LogP contribution is 2.22. The van der Waals surface area contributed by atoms with Crippen LogP contribution in [-0.4, -0.2) is 26.6 Å². The molecule has 1 aromatic carbocycles. The summed E-state index contributed by atoms with van der Waals surface area (Å²) >= 11 is 5.92. The zero-order valence-corrected chi connectivity index (χ0v) is 12.9. The molecule has 0 bridgehead atoms. The monoisotopic (exact) mass is 306 g/mol. The molecule has 0 aliphatic carbocycles. The molecule has 1 amide bonds. The molecule has 0 aromatic heterocycles. The molecule has 1 aromatic rings. The highest BCUT2D eigenvalue weighted by Gasteiger charge is 2.12. The largest absolute Gasteiger partial charge is 0.496 e. The highest BCUT2D eigenvalue weighted by molar-refractivity contribution is 6.30. The van der Waals surface area contributed by atoms with Gasteiger partial charge in [-0.1, -0.05) is 18.5 Å². The molecule has 108 valence electrons. The number of benzene rings is 1. The van der Waals surface area contributed by atoms with E-state index in [2.05, 4.69) is 10.6 Å². The van der Waals surface area contributed by atoms with Gasteiger partial charge in [-0.05, 0) is 25.2 Å². The Morgan fingerprint density at radius 3 is 2.74 bits per heavy atom. The lowest BCUT2D eigenvalue weighted by Gasteiger charge is -2.13. The average molecular weight is 307 g/mol. The number of hydrogen-bond acceptors (Lipinski definition) is 3. The van der Waals surface area contributed by atoms with Crippen molar-refractivity contribution >= 4 is 29.9 Å². The van der Waals surface area contributed by atoms with Crippen LogP contribution in [0.2, 0.25) is 5.02 Å². The van der Waals surface area contributed by atoms with E-state index in [1.54, 1.807) is 25.3 Å². The van der Waals surface area contributed by atoms with Crippen molar-refractivity contribution in [2.75, 3.05) is 20.7 Å². The van der Waals surface area contributed by atoms with Gasteiger partial charge >= 0.3 is 0 Å². The van der Waals surface area contributed by atoms with E-state index in [4.69, 9.17) is 16.3 Å². The third-order valence-electron chi connectivity index (χ3n) is 2.65. The topological polar surface area (TPSA) is 50.4 Å². The second-order valence-electron chi connectivity index (χ2n) is 4.13. The Hall–Kier alpha value is -0.970. The first kappa shape index (κ1) is 18.0. The van der Waals surface area contributed by atoms with Gasteiger partial charge in [0.1, 0.15) is 5.75 Å². The number of carbonyl (C=O) groups excluding carboxylic acids is 1. The number of carbonyl (C=O) groups is 1. The Bertz CT molecular complexity index is 414. The molecule has 1 unspecified atom stereocenters. The van der Waals surface area contributed by atoms with Crippen LogP contribution in [0.15, 0.2) is 18.2 Å². The fourth-order valence-electron chi connectivity index (χ4n) is 1.64. The first-order chi connectivity index (χ1) is 8.58. The highest BCUT2D eigenvalue weighted by atomic mass is 35.5. The number of halogens is 2. The van der Waals surface area contributed by atoms with Crippen LogP contribution in [0, 0.1) is 5.92 Å². The van der Waals surface area contributed by atoms with Gasteiger partial charge in [0.15, 0.2) is 0 Å². The standard InChI is InChI=1S/C13H19ClN2O2.ClH/c1-9(7-15-2)13(17)16-8-10-6-11(14)4-5-12(10)18-3;/h4-6,9,15H,7-8H2,1-3H3,(H,16,17);1H. The van der Waals surface area contributed by atoms with E-state index in [0.717, 1.165) is 11.3 Å². The van der Waals surface area contributed by atoms with Crippen molar-refractivity contribution in [3.8, 4) is 5.75 Å². The van der Waals surface area contributed by atoms with Crippen molar-refractivity contribution in [1.82, 2.24) is 10.6 Å². The second kappa shape index (κ2) is 9.02. The van der Waals surface area contributed by atoms with E-state index >= 15 is 0 Å². The van der Waals surface area contributed by atoms with Crippen molar-refractivity contribution in [2.45, 2.75) is 13.5 Å². The van der Waals surface area contributed by atoms with Crippen molar-refractivity contribution in [2.24, 2.45) is 5.92 Å². The van der Waals surface area contributed by atoms with Crippen molar-refractivity contribution in [3.05, 3.63) is 28.8 Å². The van der Waals surface area contributed by atoms with Crippen LogP contribution in [0.3, 0.4) is 0 Å². The van der Waals surface area contributed by atoms with Crippen LogP contribution in [0.1, 0.15) is 12.5 Å². The molecular weight excluding hydrogens is 287 g/mol. The Balaban J connectivity index is 0.00000324. The SMILES string of the molecule is CNCC(C)C(=O)NCc1cc(Cl)ccc1OC.Cl. The summed E-state index contributed by atoms with van der Waals surface area (Å²) in [6.45, 7) is 2.94. The molecule has 1 atom stereocenters. The lowest BCUT2D eigenvalue weighted by molar-refractivity contribution is -0.124. The van der Waals surface area contributed by atoms with E-state index in [1.807, 2.05) is 14.0 Å². The summed E-state index contributed by atoms with van der Waals surface area (Å²) in [5.74, 6) is 0.660. The molecule has 6 heteroatoms. The summed E-state index contributed by atoms with van der Waals surface area (Å²) < 4.78 is 5.22. The summed E-state index contributed by atoms with van der Waals surface area (Å²) in [6, 6.07) is 5.35. The fourth-order valence-corrected chi connectivity index (χ4v) is 1.84. The second-order valence-corrected chi connectivity index (χ2v) is 4.57. The quantitative estimate of drug-likeness (QED) is 0.847. The minimum atomic E-state index is -0.0693. The molecular formula is C13H20Cl2N2O2. The first-order valence-electron chi connectivity index (χ1n) is 5.83. The van der Waals surface area contributed by atoms with E-state index < -0.39 is 0 Å². The molecule has 0 heterocycles. The number of hydrogen-bond donors (Lipinski definition) is 2. The van der Waals surface area contributed by atoms with E-state index in [9.17, 15) is 4.79 Å². The van der Waals surface area contributed by atoms with Gasteiger partial charge in [-0.3, -0.25) is 4.79 Å². The van der Waals surface area contributed by atoms with Crippen molar-refractivity contribution in [3.63, 3.8) is 0 Å². The molecule has 0 radical (unpaired) electrons. The third kappa shape index (κ3) is 5.68. The van der Waals surface area contributed by atoms with Gasteiger partial charge in [-0.2, -0.15) is 0 Å². The zero-order valence-electron chi connectivity index (χ0n) is 11.3. The van der Waals surface area contributed by atoms with Crippen molar-refractivity contribution < 1.29 is 9.53 Å². The molecule has 0 fully saturated rings. The average Bonchev–Trinajstić information content (AvgIpc) is 2.36. The molecule has 0 aliphatic rings. The smallest absolute Gasteiger partial charge is 0.224 e. The maximum atomic E-state index is 11.8. The number of ether oxygens (including phenoxy) is 1. The summed E-state index contributed by atoms with van der Waals surface area (Å²) in [4.78, 5) is 11.8. The number of methoxy groups -OCH3 is 1. The Morgan fingerprint density at radius 2 is 2.16 bits per heavy atom. The molecule has 0 spiro atoms. The summed E-state index contributed by atoms with van der Waals surface area (Å²) in [7, 11) is 3.42. The van der Waals surface area contributed by atoms with Gasteiger partial charge in [0.2, 0.25) is 5.91 Å². The maximum absolute atomic E-state index is 11.8. The number of amides is 1. The van der Waals surface area contributed by atoms with Crippen LogP contribution < -0.4 is 15.4 Å². The lowest BCUT2D eigenvalue weighted by atomic mass is 10.1. The molecule has 0 saturated heterocycles. The molecule has 4 nitrogen and oxygen atoms in total. The Morgan fingerprint density at radius 1 is 1.47 bits per heavy atom. The van der Waals surface area contributed by atoms with Gasteiger partial charge in [0.25, 0.3) is 0 Å². The van der Waals surface area contributed by atoms with E-state index in [0.29, 0.717) is 18.1 Å². The van der Waals surface area contributed by atoms with Gasteiger partial charge in [-0.15, -0.1) is 12.4 Å². The number of nitrogens with one attached hydrogen (secondary N) is 2. The molecule has 0 saturated carbocycles.